The number of carboxylic acid groups (broad SMARTS) is 1. The molecule has 0 unspecified atom stereocenters. The molecule has 1 aromatic rings. The largest absolute Gasteiger partial charge is 0.480 e. The summed E-state index contributed by atoms with van der Waals surface area (Å²) in [7, 11) is 2.75. The molecule has 0 spiro atoms. The van der Waals surface area contributed by atoms with Crippen LogP contribution in [0.4, 0.5) is 0 Å². The first-order valence-electron chi connectivity index (χ1n) is 3.91. The third kappa shape index (κ3) is 2.30. The van der Waals surface area contributed by atoms with Gasteiger partial charge in [-0.2, -0.15) is 9.97 Å². The zero-order chi connectivity index (χ0) is 11.4. The molecule has 0 aromatic carbocycles. The van der Waals surface area contributed by atoms with E-state index >= 15 is 0 Å². The summed E-state index contributed by atoms with van der Waals surface area (Å²) >= 11 is 1.19. The Kier molecular flexibility index (Phi) is 3.73. The van der Waals surface area contributed by atoms with Crippen LogP contribution in [0.15, 0.2) is 5.03 Å². The Balaban J connectivity index is 3.39. The molecule has 1 rings (SSSR count). The number of aromatic nitrogens is 2. The maximum Gasteiger partial charge on any atom is 0.344 e. The van der Waals surface area contributed by atoms with E-state index < -0.39 is 5.97 Å². The van der Waals surface area contributed by atoms with Crippen molar-refractivity contribution in [1.29, 1.82) is 0 Å². The number of methoxy groups -OCH3 is 2. The van der Waals surface area contributed by atoms with E-state index in [9.17, 15) is 4.79 Å². The van der Waals surface area contributed by atoms with Crippen molar-refractivity contribution in [3.05, 3.63) is 5.56 Å². The first-order chi connectivity index (χ1) is 7.13. The van der Waals surface area contributed by atoms with Crippen molar-refractivity contribution in [1.82, 2.24) is 9.97 Å². The van der Waals surface area contributed by atoms with Crippen molar-refractivity contribution in [2.75, 3.05) is 20.5 Å². The highest BCUT2D eigenvalue weighted by molar-refractivity contribution is 7.98. The summed E-state index contributed by atoms with van der Waals surface area (Å²) in [6.07, 6.45) is 1.72. The van der Waals surface area contributed by atoms with Crippen LogP contribution in [-0.2, 0) is 0 Å². The maximum absolute atomic E-state index is 10.9. The third-order valence-electron chi connectivity index (χ3n) is 1.61. The topological polar surface area (TPSA) is 81.5 Å². The van der Waals surface area contributed by atoms with Gasteiger partial charge >= 0.3 is 12.0 Å². The molecule has 0 saturated heterocycles. The molecule has 0 bridgehead atoms. The highest BCUT2D eigenvalue weighted by Crippen LogP contribution is 2.27. The van der Waals surface area contributed by atoms with Gasteiger partial charge in [0.15, 0.2) is 5.56 Å². The SMILES string of the molecule is COc1nc(OC)c(C(=O)O)c(SC)n1. The molecule has 0 aliphatic rings. The molecule has 0 saturated carbocycles. The summed E-state index contributed by atoms with van der Waals surface area (Å²) in [4.78, 5) is 18.6. The van der Waals surface area contributed by atoms with E-state index in [0.717, 1.165) is 0 Å². The van der Waals surface area contributed by atoms with Crippen LogP contribution in [0.2, 0.25) is 0 Å². The minimum absolute atomic E-state index is 0.00120. The van der Waals surface area contributed by atoms with Gasteiger partial charge in [-0.1, -0.05) is 0 Å². The summed E-state index contributed by atoms with van der Waals surface area (Å²) in [6.45, 7) is 0. The predicted molar refractivity (Wildman–Crippen MR) is 53.9 cm³/mol. The van der Waals surface area contributed by atoms with Gasteiger partial charge in [0.05, 0.1) is 14.2 Å². The number of thioether (sulfide) groups is 1. The standard InChI is InChI=1S/C8H10N2O4S/c1-13-5-4(7(11)12)6(15-3)10-8(9-5)14-2/h1-3H3,(H,11,12). The molecule has 1 N–H and O–H groups in total. The van der Waals surface area contributed by atoms with E-state index in [4.69, 9.17) is 14.6 Å². The summed E-state index contributed by atoms with van der Waals surface area (Å²) in [5.41, 5.74) is -0.0502. The van der Waals surface area contributed by atoms with Crippen LogP contribution in [0.5, 0.6) is 11.9 Å². The van der Waals surface area contributed by atoms with Gasteiger partial charge in [0.2, 0.25) is 5.88 Å². The van der Waals surface area contributed by atoms with Gasteiger partial charge in [-0.3, -0.25) is 0 Å². The Hall–Kier alpha value is -1.50. The first kappa shape index (κ1) is 11.6. The summed E-state index contributed by atoms with van der Waals surface area (Å²) in [5, 5.41) is 9.27. The number of rotatable bonds is 4. The van der Waals surface area contributed by atoms with Crippen LogP contribution in [-0.4, -0.2) is 41.5 Å². The number of hydrogen-bond acceptors (Lipinski definition) is 6. The number of ether oxygens (including phenoxy) is 2. The van der Waals surface area contributed by atoms with Crippen molar-refractivity contribution in [3.63, 3.8) is 0 Å². The van der Waals surface area contributed by atoms with Crippen molar-refractivity contribution < 1.29 is 19.4 Å². The van der Waals surface area contributed by atoms with Gasteiger partial charge in [-0.25, -0.2) is 4.79 Å². The fourth-order valence-corrected chi connectivity index (χ4v) is 1.52. The summed E-state index contributed by atoms with van der Waals surface area (Å²) < 4.78 is 9.69. The summed E-state index contributed by atoms with van der Waals surface area (Å²) in [5.74, 6) is -1.13. The Bertz CT molecular complexity index is 358. The van der Waals surface area contributed by atoms with Crippen molar-refractivity contribution in [2.24, 2.45) is 0 Å². The monoisotopic (exact) mass is 230 g/mol. The third-order valence-corrected chi connectivity index (χ3v) is 2.29. The van der Waals surface area contributed by atoms with Crippen molar-refractivity contribution in [3.8, 4) is 11.9 Å². The predicted octanol–water partition coefficient (Wildman–Crippen LogP) is 0.914. The molecular formula is C8H10N2O4S. The lowest BCUT2D eigenvalue weighted by molar-refractivity contribution is 0.0687. The second-order valence-corrected chi connectivity index (χ2v) is 3.20. The second kappa shape index (κ2) is 4.83. The Morgan fingerprint density at radius 2 is 2.00 bits per heavy atom. The van der Waals surface area contributed by atoms with Crippen LogP contribution in [0.3, 0.4) is 0 Å². The van der Waals surface area contributed by atoms with Crippen LogP contribution < -0.4 is 9.47 Å². The smallest absolute Gasteiger partial charge is 0.344 e. The van der Waals surface area contributed by atoms with Gasteiger partial charge in [0.1, 0.15) is 5.03 Å². The fourth-order valence-electron chi connectivity index (χ4n) is 0.972. The van der Waals surface area contributed by atoms with E-state index in [1.165, 1.54) is 26.0 Å². The zero-order valence-corrected chi connectivity index (χ0v) is 9.29. The number of aromatic carboxylic acids is 1. The van der Waals surface area contributed by atoms with E-state index in [1.807, 2.05) is 0 Å². The fraction of sp³-hybridized carbons (Fsp3) is 0.375. The van der Waals surface area contributed by atoms with Gasteiger partial charge in [0, 0.05) is 0 Å². The molecule has 1 heterocycles. The lowest BCUT2D eigenvalue weighted by atomic mass is 10.3. The minimum Gasteiger partial charge on any atom is -0.480 e. The number of nitrogens with zero attached hydrogens (tertiary/aromatic N) is 2. The molecule has 0 aliphatic carbocycles. The van der Waals surface area contributed by atoms with E-state index in [2.05, 4.69) is 9.97 Å². The first-order valence-corrected chi connectivity index (χ1v) is 5.13. The van der Waals surface area contributed by atoms with E-state index in [0.29, 0.717) is 5.03 Å². The lowest BCUT2D eigenvalue weighted by Crippen LogP contribution is -2.08. The zero-order valence-electron chi connectivity index (χ0n) is 8.47. The molecule has 82 valence electrons. The maximum atomic E-state index is 10.9. The highest BCUT2D eigenvalue weighted by atomic mass is 32.2. The van der Waals surface area contributed by atoms with Gasteiger partial charge < -0.3 is 14.6 Å². The molecule has 0 radical (unpaired) electrons. The number of hydrogen-bond donors (Lipinski definition) is 1. The molecule has 1 aromatic heterocycles. The average molecular weight is 230 g/mol. The Morgan fingerprint density at radius 1 is 1.33 bits per heavy atom. The number of carbonyl (C=O) groups is 1. The molecule has 0 atom stereocenters. The molecule has 0 amide bonds. The van der Waals surface area contributed by atoms with E-state index in [-0.39, 0.29) is 17.5 Å². The van der Waals surface area contributed by atoms with Crippen molar-refractivity contribution >= 4 is 17.7 Å². The normalized spacial score (nSPS) is 9.80. The van der Waals surface area contributed by atoms with Crippen LogP contribution in [0.1, 0.15) is 10.4 Å². The van der Waals surface area contributed by atoms with Crippen LogP contribution in [0, 0.1) is 0 Å². The average Bonchev–Trinajstić information content (AvgIpc) is 2.26. The van der Waals surface area contributed by atoms with Crippen LogP contribution >= 0.6 is 11.8 Å². The van der Waals surface area contributed by atoms with Crippen molar-refractivity contribution in [2.45, 2.75) is 5.03 Å². The van der Waals surface area contributed by atoms with E-state index in [1.54, 1.807) is 6.26 Å². The lowest BCUT2D eigenvalue weighted by Gasteiger charge is -2.08. The second-order valence-electron chi connectivity index (χ2n) is 2.41. The van der Waals surface area contributed by atoms with Crippen LogP contribution in [0.25, 0.3) is 0 Å². The Morgan fingerprint density at radius 3 is 2.40 bits per heavy atom. The molecule has 7 heteroatoms. The molecule has 0 fully saturated rings. The molecular weight excluding hydrogens is 220 g/mol. The quantitative estimate of drug-likeness (QED) is 0.608. The highest BCUT2D eigenvalue weighted by Gasteiger charge is 2.21. The molecule has 6 nitrogen and oxygen atoms in total. The minimum atomic E-state index is -1.13. The summed E-state index contributed by atoms with van der Waals surface area (Å²) in [6, 6.07) is 0.0844. The molecule has 0 aliphatic heterocycles. The Labute approximate surface area is 90.6 Å². The number of carboxylic acids is 1. The van der Waals surface area contributed by atoms with Gasteiger partial charge in [0.25, 0.3) is 0 Å². The van der Waals surface area contributed by atoms with Gasteiger partial charge in [-0.15, -0.1) is 11.8 Å². The molecule has 15 heavy (non-hydrogen) atoms. The van der Waals surface area contributed by atoms with Gasteiger partial charge in [-0.05, 0) is 6.26 Å².